The highest BCUT2D eigenvalue weighted by Crippen LogP contribution is 2.23. The third-order valence-corrected chi connectivity index (χ3v) is 3.46. The van der Waals surface area contributed by atoms with E-state index >= 15 is 0 Å². The maximum absolute atomic E-state index is 13.5. The monoisotopic (exact) mass is 322 g/mol. The molecule has 2 aromatic carbocycles. The Hall–Kier alpha value is -1.88. The van der Waals surface area contributed by atoms with Gasteiger partial charge in [0.15, 0.2) is 0 Å². The van der Waals surface area contributed by atoms with Crippen LogP contribution in [0.4, 0.5) is 15.8 Å². The van der Waals surface area contributed by atoms with Gasteiger partial charge >= 0.3 is 0 Å². The average molecular weight is 323 g/mol. The zero-order valence-corrected chi connectivity index (χ0v) is 11.8. The number of anilines is 2. The second-order valence-electron chi connectivity index (χ2n) is 4.11. The van der Waals surface area contributed by atoms with Crippen molar-refractivity contribution in [1.82, 2.24) is 0 Å². The second kappa shape index (κ2) is 5.40. The maximum atomic E-state index is 13.5. The van der Waals surface area contributed by atoms with Crippen molar-refractivity contribution in [2.45, 2.75) is 6.92 Å². The summed E-state index contributed by atoms with van der Waals surface area (Å²) in [6.45, 7) is 1.57. The van der Waals surface area contributed by atoms with E-state index in [2.05, 4.69) is 21.2 Å². The van der Waals surface area contributed by atoms with Crippen molar-refractivity contribution in [3.8, 4) is 0 Å². The van der Waals surface area contributed by atoms with Gasteiger partial charge in [-0.2, -0.15) is 0 Å². The number of nitrogens with two attached hydrogens (primary N) is 1. The van der Waals surface area contributed by atoms with E-state index in [0.29, 0.717) is 11.3 Å². The molecule has 0 bridgehead atoms. The molecule has 98 valence electrons. The molecule has 0 aromatic heterocycles. The quantitative estimate of drug-likeness (QED) is 0.828. The number of amides is 1. The van der Waals surface area contributed by atoms with Crippen LogP contribution in [0.25, 0.3) is 0 Å². The average Bonchev–Trinajstić information content (AvgIpc) is 2.38. The number of nitrogens with one attached hydrogen (secondary N) is 1. The zero-order chi connectivity index (χ0) is 14.0. The Bertz CT molecular complexity index is 620. The summed E-state index contributed by atoms with van der Waals surface area (Å²) in [4.78, 5) is 12.0. The van der Waals surface area contributed by atoms with Gasteiger partial charge in [-0.3, -0.25) is 4.79 Å². The highest BCUT2D eigenvalue weighted by molar-refractivity contribution is 9.10. The highest BCUT2D eigenvalue weighted by atomic mass is 79.9. The van der Waals surface area contributed by atoms with Crippen molar-refractivity contribution in [2.24, 2.45) is 0 Å². The van der Waals surface area contributed by atoms with Crippen LogP contribution in [0.1, 0.15) is 15.9 Å². The van der Waals surface area contributed by atoms with E-state index in [1.54, 1.807) is 25.1 Å². The topological polar surface area (TPSA) is 55.1 Å². The van der Waals surface area contributed by atoms with Gasteiger partial charge < -0.3 is 11.1 Å². The van der Waals surface area contributed by atoms with E-state index in [1.807, 2.05) is 6.07 Å². The van der Waals surface area contributed by atoms with E-state index in [9.17, 15) is 9.18 Å². The molecular formula is C14H12BrFN2O. The Kier molecular flexibility index (Phi) is 3.85. The van der Waals surface area contributed by atoms with E-state index < -0.39 is 11.7 Å². The minimum atomic E-state index is -0.489. The predicted molar refractivity (Wildman–Crippen MR) is 77.6 cm³/mol. The molecule has 0 atom stereocenters. The summed E-state index contributed by atoms with van der Waals surface area (Å²) in [6.07, 6.45) is 0. The minimum absolute atomic E-state index is 0.191. The molecule has 1 amide bonds. The maximum Gasteiger partial charge on any atom is 0.255 e. The lowest BCUT2D eigenvalue weighted by Crippen LogP contribution is -2.13. The fraction of sp³-hybridized carbons (Fsp3) is 0.0714. The largest absolute Gasteiger partial charge is 0.398 e. The summed E-state index contributed by atoms with van der Waals surface area (Å²) in [5, 5.41) is 2.69. The van der Waals surface area contributed by atoms with E-state index in [4.69, 9.17) is 5.73 Å². The molecule has 3 N–H and O–H groups in total. The summed E-state index contributed by atoms with van der Waals surface area (Å²) in [7, 11) is 0. The summed E-state index contributed by atoms with van der Waals surface area (Å²) in [6, 6.07) is 9.83. The van der Waals surface area contributed by atoms with Crippen LogP contribution >= 0.6 is 15.9 Å². The lowest BCUT2D eigenvalue weighted by molar-refractivity contribution is 0.102. The number of benzene rings is 2. The summed E-state index contributed by atoms with van der Waals surface area (Å²) >= 11 is 3.32. The van der Waals surface area contributed by atoms with Gasteiger partial charge in [0.25, 0.3) is 5.91 Å². The van der Waals surface area contributed by atoms with Crippen molar-refractivity contribution in [2.75, 3.05) is 11.1 Å². The lowest BCUT2D eigenvalue weighted by Gasteiger charge is -2.09. The molecule has 0 spiro atoms. The van der Waals surface area contributed by atoms with Crippen LogP contribution in [-0.2, 0) is 0 Å². The molecule has 0 aliphatic rings. The Morgan fingerprint density at radius 2 is 2.00 bits per heavy atom. The van der Waals surface area contributed by atoms with Crippen LogP contribution in [0.2, 0.25) is 0 Å². The predicted octanol–water partition coefficient (Wildman–Crippen LogP) is 3.73. The number of rotatable bonds is 2. The molecule has 0 aliphatic carbocycles. The van der Waals surface area contributed by atoms with Crippen molar-refractivity contribution in [3.05, 3.63) is 57.8 Å². The third kappa shape index (κ3) is 2.93. The van der Waals surface area contributed by atoms with E-state index in [1.165, 1.54) is 12.1 Å². The van der Waals surface area contributed by atoms with Crippen LogP contribution < -0.4 is 11.1 Å². The van der Waals surface area contributed by atoms with Gasteiger partial charge in [-0.1, -0.05) is 12.1 Å². The van der Waals surface area contributed by atoms with Gasteiger partial charge in [0, 0.05) is 21.3 Å². The molecule has 5 heteroatoms. The summed E-state index contributed by atoms with van der Waals surface area (Å²) in [5.41, 5.74) is 7.07. The Balaban J connectivity index is 2.28. The standard InChI is InChI=1S/C14H12BrFN2O/c1-8-11(16)6-9(7-12(8)17)14(19)18-13-5-3-2-4-10(13)15/h2-7H,17H2,1H3,(H,18,19). The molecule has 0 unspecified atom stereocenters. The number of nitrogen functional groups attached to an aromatic ring is 1. The molecule has 0 heterocycles. The molecule has 2 rings (SSSR count). The Morgan fingerprint density at radius 1 is 1.32 bits per heavy atom. The Labute approximate surface area is 118 Å². The van der Waals surface area contributed by atoms with Gasteiger partial charge in [-0.25, -0.2) is 4.39 Å². The van der Waals surface area contributed by atoms with Crippen molar-refractivity contribution < 1.29 is 9.18 Å². The molecule has 0 saturated carbocycles. The number of hydrogen-bond acceptors (Lipinski definition) is 2. The summed E-state index contributed by atoms with van der Waals surface area (Å²) in [5.74, 6) is -0.894. The van der Waals surface area contributed by atoms with Crippen LogP contribution in [0.15, 0.2) is 40.9 Å². The Morgan fingerprint density at radius 3 is 2.63 bits per heavy atom. The van der Waals surface area contributed by atoms with E-state index in [0.717, 1.165) is 4.47 Å². The first-order valence-corrected chi connectivity index (χ1v) is 6.40. The molecule has 2 aromatic rings. The molecule has 3 nitrogen and oxygen atoms in total. The molecule has 0 fully saturated rings. The first-order chi connectivity index (χ1) is 8.99. The number of halogens is 2. The SMILES string of the molecule is Cc1c(N)cc(C(=O)Nc2ccccc2Br)cc1F. The highest BCUT2D eigenvalue weighted by Gasteiger charge is 2.12. The number of carbonyl (C=O) groups excluding carboxylic acids is 1. The van der Waals surface area contributed by atoms with Gasteiger partial charge in [0.2, 0.25) is 0 Å². The normalized spacial score (nSPS) is 10.3. The smallest absolute Gasteiger partial charge is 0.255 e. The van der Waals surface area contributed by atoms with Gasteiger partial charge in [0.1, 0.15) is 5.82 Å². The van der Waals surface area contributed by atoms with Crippen LogP contribution in [0.3, 0.4) is 0 Å². The van der Waals surface area contributed by atoms with Crippen LogP contribution in [-0.4, -0.2) is 5.91 Å². The number of para-hydroxylation sites is 1. The molecule has 0 aliphatic heterocycles. The molecule has 0 saturated heterocycles. The van der Waals surface area contributed by atoms with Crippen LogP contribution in [0.5, 0.6) is 0 Å². The van der Waals surface area contributed by atoms with Gasteiger partial charge in [-0.05, 0) is 47.1 Å². The van der Waals surface area contributed by atoms with Crippen molar-refractivity contribution in [3.63, 3.8) is 0 Å². The number of carbonyl (C=O) groups is 1. The van der Waals surface area contributed by atoms with E-state index in [-0.39, 0.29) is 11.3 Å². The van der Waals surface area contributed by atoms with Gasteiger partial charge in [-0.15, -0.1) is 0 Å². The first-order valence-electron chi connectivity index (χ1n) is 5.60. The number of hydrogen-bond donors (Lipinski definition) is 2. The lowest BCUT2D eigenvalue weighted by atomic mass is 10.1. The third-order valence-electron chi connectivity index (χ3n) is 2.77. The van der Waals surface area contributed by atoms with Crippen molar-refractivity contribution >= 4 is 33.2 Å². The molecular weight excluding hydrogens is 311 g/mol. The first kappa shape index (κ1) is 13.5. The fourth-order valence-electron chi connectivity index (χ4n) is 1.59. The molecule has 0 radical (unpaired) electrons. The summed E-state index contributed by atoms with van der Waals surface area (Å²) < 4.78 is 14.3. The van der Waals surface area contributed by atoms with Crippen molar-refractivity contribution in [1.29, 1.82) is 0 Å². The minimum Gasteiger partial charge on any atom is -0.398 e. The van der Waals surface area contributed by atoms with Gasteiger partial charge in [0.05, 0.1) is 5.69 Å². The van der Waals surface area contributed by atoms with Crippen LogP contribution in [0, 0.1) is 12.7 Å². The molecule has 19 heavy (non-hydrogen) atoms. The fourth-order valence-corrected chi connectivity index (χ4v) is 1.97. The zero-order valence-electron chi connectivity index (χ0n) is 10.2. The second-order valence-corrected chi connectivity index (χ2v) is 4.96.